The maximum Gasteiger partial charge on any atom is 0.312 e. The number of carbonyl (C=O) groups is 2. The van der Waals surface area contributed by atoms with Crippen molar-refractivity contribution in [3.63, 3.8) is 0 Å². The van der Waals surface area contributed by atoms with Gasteiger partial charge in [-0.3, -0.25) is 29.1 Å². The zero-order valence-electron chi connectivity index (χ0n) is 14.3. The highest BCUT2D eigenvalue weighted by Gasteiger charge is 2.28. The molecule has 0 aromatic carbocycles. The summed E-state index contributed by atoms with van der Waals surface area (Å²) in [6.45, 7) is 6.89. The van der Waals surface area contributed by atoms with E-state index in [9.17, 15) is 19.7 Å². The first-order chi connectivity index (χ1) is 11.7. The zero-order valence-corrected chi connectivity index (χ0v) is 14.3. The molecule has 0 bridgehead atoms. The van der Waals surface area contributed by atoms with Crippen LogP contribution in [-0.2, 0) is 11.3 Å². The Morgan fingerprint density at radius 2 is 2.04 bits per heavy atom. The summed E-state index contributed by atoms with van der Waals surface area (Å²) in [6.07, 6.45) is 1.49. The number of primary amides is 1. The minimum absolute atomic E-state index is 0.0539. The summed E-state index contributed by atoms with van der Waals surface area (Å²) in [6, 6.07) is -0.835. The van der Waals surface area contributed by atoms with Gasteiger partial charge in [0.25, 0.3) is 5.91 Å². The Morgan fingerprint density at radius 1 is 1.40 bits per heavy atom. The quantitative estimate of drug-likeness (QED) is 0.584. The van der Waals surface area contributed by atoms with E-state index in [0.29, 0.717) is 6.54 Å². The van der Waals surface area contributed by atoms with Gasteiger partial charge in [-0.05, 0) is 27.7 Å². The zero-order chi connectivity index (χ0) is 18.9. The summed E-state index contributed by atoms with van der Waals surface area (Å²) in [4.78, 5) is 34.5. The van der Waals surface area contributed by atoms with Gasteiger partial charge in [-0.25, -0.2) is 0 Å². The van der Waals surface area contributed by atoms with Gasteiger partial charge >= 0.3 is 5.69 Å². The fraction of sp³-hybridized carbons (Fsp3) is 0.429. The van der Waals surface area contributed by atoms with Gasteiger partial charge in [-0.1, -0.05) is 0 Å². The lowest BCUT2D eigenvalue weighted by atomic mass is 10.2. The molecule has 25 heavy (non-hydrogen) atoms. The van der Waals surface area contributed by atoms with Gasteiger partial charge < -0.3 is 11.1 Å². The monoisotopic (exact) mass is 349 g/mol. The average molecular weight is 349 g/mol. The van der Waals surface area contributed by atoms with E-state index in [-0.39, 0.29) is 28.5 Å². The molecule has 0 fully saturated rings. The molecule has 0 saturated carbocycles. The van der Waals surface area contributed by atoms with Gasteiger partial charge in [0.1, 0.15) is 17.4 Å². The lowest BCUT2D eigenvalue weighted by Crippen LogP contribution is -2.26. The molecule has 11 heteroatoms. The molecule has 2 aromatic rings. The first kappa shape index (κ1) is 18.1. The number of nitrogens with zero attached hydrogens (tertiary/aromatic N) is 5. The van der Waals surface area contributed by atoms with Crippen molar-refractivity contribution in [2.75, 3.05) is 5.32 Å². The molecule has 2 aromatic heterocycles. The van der Waals surface area contributed by atoms with Gasteiger partial charge in [0.2, 0.25) is 5.91 Å². The van der Waals surface area contributed by atoms with Crippen LogP contribution < -0.4 is 11.1 Å². The van der Waals surface area contributed by atoms with Gasteiger partial charge in [0, 0.05) is 12.7 Å². The molecule has 0 aliphatic rings. The van der Waals surface area contributed by atoms with Crippen molar-refractivity contribution in [3.05, 3.63) is 33.4 Å². The Balaban J connectivity index is 2.30. The summed E-state index contributed by atoms with van der Waals surface area (Å²) in [5.74, 6) is -1.27. The topological polar surface area (TPSA) is 151 Å². The number of hydrogen-bond donors (Lipinski definition) is 2. The van der Waals surface area contributed by atoms with Crippen LogP contribution in [-0.4, -0.2) is 36.3 Å². The van der Waals surface area contributed by atoms with Crippen molar-refractivity contribution < 1.29 is 14.5 Å². The molecule has 2 amide bonds. The average Bonchev–Trinajstić information content (AvgIpc) is 3.07. The third-order valence-electron chi connectivity index (χ3n) is 3.79. The number of nitro groups is 1. The lowest BCUT2D eigenvalue weighted by Gasteiger charge is -2.13. The number of hydrogen-bond acceptors (Lipinski definition) is 6. The molecule has 0 aliphatic heterocycles. The predicted molar refractivity (Wildman–Crippen MR) is 88.1 cm³/mol. The molecule has 0 radical (unpaired) electrons. The smallest absolute Gasteiger partial charge is 0.312 e. The van der Waals surface area contributed by atoms with Crippen LogP contribution in [0.25, 0.3) is 0 Å². The highest BCUT2D eigenvalue weighted by atomic mass is 16.6. The fourth-order valence-electron chi connectivity index (χ4n) is 2.50. The van der Waals surface area contributed by atoms with Crippen LogP contribution in [0.1, 0.15) is 41.8 Å². The van der Waals surface area contributed by atoms with E-state index < -0.39 is 22.8 Å². The molecular formula is C14H19N7O4. The first-order valence-electron chi connectivity index (χ1n) is 7.55. The Hall–Kier alpha value is -3.24. The van der Waals surface area contributed by atoms with E-state index >= 15 is 0 Å². The molecule has 1 atom stereocenters. The number of rotatable bonds is 6. The summed E-state index contributed by atoms with van der Waals surface area (Å²) in [5, 5.41) is 21.7. The molecule has 1 unspecified atom stereocenters. The van der Waals surface area contributed by atoms with Crippen LogP contribution in [0.15, 0.2) is 6.20 Å². The number of nitrogens with two attached hydrogens (primary N) is 1. The molecule has 2 rings (SSSR count). The molecule has 2 heterocycles. The van der Waals surface area contributed by atoms with Crippen molar-refractivity contribution >= 4 is 23.2 Å². The minimum Gasteiger partial charge on any atom is -0.364 e. The molecule has 11 nitrogen and oxygen atoms in total. The van der Waals surface area contributed by atoms with Gasteiger partial charge in [-0.15, -0.1) is 0 Å². The van der Waals surface area contributed by atoms with Crippen LogP contribution in [0.3, 0.4) is 0 Å². The number of aromatic nitrogens is 4. The van der Waals surface area contributed by atoms with Gasteiger partial charge in [0.15, 0.2) is 5.69 Å². The Labute approximate surface area is 142 Å². The van der Waals surface area contributed by atoms with Crippen LogP contribution in [0, 0.1) is 24.0 Å². The largest absolute Gasteiger partial charge is 0.364 e. The second-order valence-electron chi connectivity index (χ2n) is 5.50. The van der Waals surface area contributed by atoms with Crippen molar-refractivity contribution in [2.45, 2.75) is 40.3 Å². The van der Waals surface area contributed by atoms with Crippen molar-refractivity contribution in [1.29, 1.82) is 0 Å². The standard InChI is InChI=1S/C14H19N7O4/c1-5-19-6-10(11(18-19)13(15)22)16-14(23)9(4)20-8(3)12(21(24)25)7(2)17-20/h6,9H,5H2,1-4H3,(H2,15,22)(H,16,23). The van der Waals surface area contributed by atoms with E-state index in [1.54, 1.807) is 6.92 Å². The Kier molecular flexibility index (Phi) is 4.86. The predicted octanol–water partition coefficient (Wildman–Crippen LogP) is 0.923. The number of carbonyl (C=O) groups excluding carboxylic acids is 2. The second kappa shape index (κ2) is 6.71. The van der Waals surface area contributed by atoms with E-state index in [2.05, 4.69) is 15.5 Å². The van der Waals surface area contributed by atoms with Crippen LogP contribution in [0.2, 0.25) is 0 Å². The van der Waals surface area contributed by atoms with E-state index in [0.717, 1.165) is 0 Å². The molecule has 0 saturated heterocycles. The first-order valence-corrected chi connectivity index (χ1v) is 7.55. The normalized spacial score (nSPS) is 12.0. The van der Waals surface area contributed by atoms with Crippen LogP contribution >= 0.6 is 0 Å². The van der Waals surface area contributed by atoms with E-state index in [1.807, 2.05) is 6.92 Å². The highest BCUT2D eigenvalue weighted by Crippen LogP contribution is 2.25. The second-order valence-corrected chi connectivity index (χ2v) is 5.50. The minimum atomic E-state index is -0.835. The molecule has 3 N–H and O–H groups in total. The summed E-state index contributed by atoms with van der Waals surface area (Å²) >= 11 is 0. The van der Waals surface area contributed by atoms with Crippen LogP contribution in [0.5, 0.6) is 0 Å². The van der Waals surface area contributed by atoms with Crippen molar-refractivity contribution in [2.24, 2.45) is 5.73 Å². The van der Waals surface area contributed by atoms with Crippen molar-refractivity contribution in [1.82, 2.24) is 19.6 Å². The fourth-order valence-corrected chi connectivity index (χ4v) is 2.50. The highest BCUT2D eigenvalue weighted by molar-refractivity contribution is 6.02. The number of nitrogens with one attached hydrogen (secondary N) is 1. The number of anilines is 1. The van der Waals surface area contributed by atoms with E-state index in [4.69, 9.17) is 5.73 Å². The Morgan fingerprint density at radius 3 is 2.52 bits per heavy atom. The number of amides is 2. The lowest BCUT2D eigenvalue weighted by molar-refractivity contribution is -0.386. The molecule has 0 aliphatic carbocycles. The van der Waals surface area contributed by atoms with Gasteiger partial charge in [-0.2, -0.15) is 10.2 Å². The summed E-state index contributed by atoms with van der Waals surface area (Å²) in [5.41, 5.74) is 5.76. The Bertz CT molecular complexity index is 852. The maximum absolute atomic E-state index is 12.5. The molecule has 0 spiro atoms. The van der Waals surface area contributed by atoms with Crippen molar-refractivity contribution in [3.8, 4) is 0 Å². The molecule has 134 valence electrons. The third-order valence-corrected chi connectivity index (χ3v) is 3.79. The SMILES string of the molecule is CCn1cc(NC(=O)C(C)n2nc(C)c([N+](=O)[O-])c2C)c(C(N)=O)n1. The summed E-state index contributed by atoms with van der Waals surface area (Å²) < 4.78 is 2.74. The van der Waals surface area contributed by atoms with Gasteiger partial charge in [0.05, 0.1) is 10.6 Å². The van der Waals surface area contributed by atoms with Crippen LogP contribution in [0.4, 0.5) is 11.4 Å². The third kappa shape index (κ3) is 3.34. The number of aryl methyl sites for hydroxylation is 2. The maximum atomic E-state index is 12.5. The van der Waals surface area contributed by atoms with E-state index in [1.165, 1.54) is 29.4 Å². The molecular weight excluding hydrogens is 330 g/mol. The summed E-state index contributed by atoms with van der Waals surface area (Å²) in [7, 11) is 0.